The third kappa shape index (κ3) is 2.39. The van der Waals surface area contributed by atoms with Crippen LogP contribution in [-0.4, -0.2) is 28.7 Å². The highest BCUT2D eigenvalue weighted by Gasteiger charge is 2.49. The van der Waals surface area contributed by atoms with Crippen LogP contribution in [0.3, 0.4) is 0 Å². The predicted octanol–water partition coefficient (Wildman–Crippen LogP) is 1.38. The van der Waals surface area contributed by atoms with Crippen LogP contribution in [0.15, 0.2) is 12.4 Å². The molecule has 2 rings (SSSR count). The lowest BCUT2D eigenvalue weighted by Gasteiger charge is -2.51. The fourth-order valence-corrected chi connectivity index (χ4v) is 2.30. The number of rotatable bonds is 5. The van der Waals surface area contributed by atoms with Crippen molar-refractivity contribution in [1.29, 1.82) is 0 Å². The molecule has 4 N–H and O–H groups in total. The summed E-state index contributed by atoms with van der Waals surface area (Å²) in [5, 5.41) is 3.38. The van der Waals surface area contributed by atoms with E-state index in [9.17, 15) is 0 Å². The third-order valence-corrected chi connectivity index (χ3v) is 3.65. The molecule has 1 aromatic rings. The number of aromatic nitrogens is 2. The number of anilines is 2. The second-order valence-electron chi connectivity index (χ2n) is 5.13. The van der Waals surface area contributed by atoms with Crippen molar-refractivity contribution in [2.45, 2.75) is 39.3 Å². The summed E-state index contributed by atoms with van der Waals surface area (Å²) in [7, 11) is 0. The molecular weight excluding hydrogens is 230 g/mol. The summed E-state index contributed by atoms with van der Waals surface area (Å²) in [4.78, 5) is 8.37. The second-order valence-corrected chi connectivity index (χ2v) is 5.13. The molecule has 18 heavy (non-hydrogen) atoms. The molecule has 0 aliphatic heterocycles. The van der Waals surface area contributed by atoms with Crippen molar-refractivity contribution in [3.8, 4) is 0 Å². The van der Waals surface area contributed by atoms with E-state index in [0.29, 0.717) is 18.0 Å². The van der Waals surface area contributed by atoms with Crippen LogP contribution in [0, 0.1) is 5.41 Å². The lowest BCUT2D eigenvalue weighted by molar-refractivity contribution is -0.0976. The summed E-state index contributed by atoms with van der Waals surface area (Å²) in [6.45, 7) is 7.19. The number of nitrogen functional groups attached to an aromatic ring is 1. The molecule has 6 heteroatoms. The van der Waals surface area contributed by atoms with Gasteiger partial charge in [-0.1, -0.05) is 13.8 Å². The van der Waals surface area contributed by atoms with Crippen LogP contribution in [0.2, 0.25) is 0 Å². The largest absolute Gasteiger partial charge is 0.378 e. The monoisotopic (exact) mass is 251 g/mol. The van der Waals surface area contributed by atoms with Crippen molar-refractivity contribution < 1.29 is 4.74 Å². The Morgan fingerprint density at radius 1 is 1.44 bits per heavy atom. The minimum absolute atomic E-state index is 0.101. The van der Waals surface area contributed by atoms with Crippen molar-refractivity contribution in [2.24, 2.45) is 11.3 Å². The summed E-state index contributed by atoms with van der Waals surface area (Å²) >= 11 is 0. The minimum atomic E-state index is 0.101. The van der Waals surface area contributed by atoms with Gasteiger partial charge in [0.25, 0.3) is 0 Å². The standard InChI is InChI=1S/C12H21N5O/c1-4-18-9-5-8(12(9,2)3)15-10-6-14-7-11(16-10)17-13/h6-9H,4-5,13H2,1-3H3,(H2,15,16,17). The van der Waals surface area contributed by atoms with Gasteiger partial charge >= 0.3 is 0 Å². The summed E-state index contributed by atoms with van der Waals surface area (Å²) in [5.74, 6) is 6.60. The zero-order chi connectivity index (χ0) is 13.2. The van der Waals surface area contributed by atoms with Gasteiger partial charge in [0, 0.05) is 18.1 Å². The number of hydrogen-bond donors (Lipinski definition) is 3. The van der Waals surface area contributed by atoms with E-state index in [-0.39, 0.29) is 5.41 Å². The smallest absolute Gasteiger partial charge is 0.160 e. The Bertz CT molecular complexity index is 409. The van der Waals surface area contributed by atoms with Gasteiger partial charge in [-0.25, -0.2) is 10.8 Å². The van der Waals surface area contributed by atoms with Crippen LogP contribution in [0.1, 0.15) is 27.2 Å². The molecule has 6 nitrogen and oxygen atoms in total. The lowest BCUT2D eigenvalue weighted by atomic mass is 9.64. The molecule has 0 radical (unpaired) electrons. The predicted molar refractivity (Wildman–Crippen MR) is 71.1 cm³/mol. The van der Waals surface area contributed by atoms with Crippen LogP contribution in [0.25, 0.3) is 0 Å². The fourth-order valence-electron chi connectivity index (χ4n) is 2.30. The Kier molecular flexibility index (Phi) is 3.68. The van der Waals surface area contributed by atoms with E-state index in [1.165, 1.54) is 0 Å². The average molecular weight is 251 g/mol. The molecular formula is C12H21N5O. The van der Waals surface area contributed by atoms with E-state index in [1.807, 2.05) is 6.92 Å². The first-order valence-corrected chi connectivity index (χ1v) is 6.24. The van der Waals surface area contributed by atoms with E-state index in [0.717, 1.165) is 18.8 Å². The van der Waals surface area contributed by atoms with Crippen LogP contribution in [-0.2, 0) is 4.74 Å². The summed E-state index contributed by atoms with van der Waals surface area (Å²) in [5.41, 5.74) is 2.59. The van der Waals surface area contributed by atoms with Gasteiger partial charge in [-0.05, 0) is 13.3 Å². The van der Waals surface area contributed by atoms with E-state index in [1.54, 1.807) is 12.4 Å². The topological polar surface area (TPSA) is 85.1 Å². The van der Waals surface area contributed by atoms with Crippen molar-refractivity contribution in [2.75, 3.05) is 17.3 Å². The Balaban J connectivity index is 1.98. The average Bonchev–Trinajstić information content (AvgIpc) is 2.38. The molecule has 1 saturated carbocycles. The zero-order valence-electron chi connectivity index (χ0n) is 11.1. The van der Waals surface area contributed by atoms with Crippen LogP contribution in [0.4, 0.5) is 11.6 Å². The fraction of sp³-hybridized carbons (Fsp3) is 0.667. The Morgan fingerprint density at radius 3 is 2.78 bits per heavy atom. The van der Waals surface area contributed by atoms with Crippen LogP contribution < -0.4 is 16.6 Å². The third-order valence-electron chi connectivity index (χ3n) is 3.65. The molecule has 1 aliphatic carbocycles. The second kappa shape index (κ2) is 5.07. The molecule has 0 spiro atoms. The molecule has 0 amide bonds. The van der Waals surface area contributed by atoms with E-state index < -0.39 is 0 Å². The highest BCUT2D eigenvalue weighted by molar-refractivity contribution is 5.42. The van der Waals surface area contributed by atoms with E-state index in [4.69, 9.17) is 10.6 Å². The molecule has 0 bridgehead atoms. The molecule has 0 aromatic carbocycles. The van der Waals surface area contributed by atoms with Gasteiger partial charge in [0.1, 0.15) is 5.82 Å². The van der Waals surface area contributed by atoms with Crippen molar-refractivity contribution in [3.63, 3.8) is 0 Å². The Labute approximate surface area is 107 Å². The number of nitrogens with one attached hydrogen (secondary N) is 2. The highest BCUT2D eigenvalue weighted by Crippen LogP contribution is 2.44. The SMILES string of the molecule is CCOC1CC(Nc2cncc(NN)n2)C1(C)C. The van der Waals surface area contributed by atoms with Crippen LogP contribution in [0.5, 0.6) is 0 Å². The highest BCUT2D eigenvalue weighted by atomic mass is 16.5. The number of hydrazine groups is 1. The number of nitrogens with zero attached hydrogens (tertiary/aromatic N) is 2. The van der Waals surface area contributed by atoms with Gasteiger partial charge in [0.05, 0.1) is 18.5 Å². The minimum Gasteiger partial charge on any atom is -0.378 e. The Hall–Kier alpha value is -1.40. The number of nitrogens with two attached hydrogens (primary N) is 1. The summed E-state index contributed by atoms with van der Waals surface area (Å²) in [6, 6.07) is 0.344. The van der Waals surface area contributed by atoms with Gasteiger partial charge in [-0.15, -0.1) is 0 Å². The first kappa shape index (κ1) is 13.0. The maximum atomic E-state index is 5.70. The first-order chi connectivity index (χ1) is 8.57. The molecule has 0 saturated heterocycles. The van der Waals surface area contributed by atoms with E-state index >= 15 is 0 Å². The number of ether oxygens (including phenoxy) is 1. The molecule has 1 aromatic heterocycles. The van der Waals surface area contributed by atoms with E-state index in [2.05, 4.69) is 34.6 Å². The molecule has 1 fully saturated rings. The summed E-state index contributed by atoms with van der Waals surface area (Å²) in [6.07, 6.45) is 4.58. The zero-order valence-corrected chi connectivity index (χ0v) is 11.1. The lowest BCUT2D eigenvalue weighted by Crippen LogP contribution is -2.58. The molecule has 2 unspecified atom stereocenters. The van der Waals surface area contributed by atoms with Gasteiger partial charge < -0.3 is 15.5 Å². The summed E-state index contributed by atoms with van der Waals surface area (Å²) < 4.78 is 5.70. The maximum Gasteiger partial charge on any atom is 0.160 e. The normalized spacial score (nSPS) is 25.3. The molecule has 100 valence electrons. The van der Waals surface area contributed by atoms with Gasteiger partial charge in [0.15, 0.2) is 5.82 Å². The number of hydrogen-bond acceptors (Lipinski definition) is 6. The van der Waals surface area contributed by atoms with Gasteiger partial charge in [0.2, 0.25) is 0 Å². The quantitative estimate of drug-likeness (QED) is 0.541. The first-order valence-electron chi connectivity index (χ1n) is 6.24. The molecule has 1 aliphatic rings. The molecule has 1 heterocycles. The van der Waals surface area contributed by atoms with Gasteiger partial charge in [-0.3, -0.25) is 4.98 Å². The van der Waals surface area contributed by atoms with Gasteiger partial charge in [-0.2, -0.15) is 0 Å². The maximum absolute atomic E-state index is 5.70. The molecule has 2 atom stereocenters. The Morgan fingerprint density at radius 2 is 2.17 bits per heavy atom. The van der Waals surface area contributed by atoms with Crippen molar-refractivity contribution >= 4 is 11.6 Å². The van der Waals surface area contributed by atoms with Crippen molar-refractivity contribution in [3.05, 3.63) is 12.4 Å². The van der Waals surface area contributed by atoms with Crippen LogP contribution >= 0.6 is 0 Å². The van der Waals surface area contributed by atoms with Crippen molar-refractivity contribution in [1.82, 2.24) is 9.97 Å².